The predicted molar refractivity (Wildman–Crippen MR) is 69.6 cm³/mol. The van der Waals surface area contributed by atoms with Crippen LogP contribution in [0.15, 0.2) is 24.4 Å². The van der Waals surface area contributed by atoms with E-state index in [1.54, 1.807) is 0 Å². The second-order valence-electron chi connectivity index (χ2n) is 4.05. The van der Waals surface area contributed by atoms with Gasteiger partial charge in [-0.05, 0) is 12.1 Å². The SMILES string of the molecule is COC(CN)C(=O)NCCc1nnc2ccccn12. The van der Waals surface area contributed by atoms with Crippen LogP contribution in [0.1, 0.15) is 5.82 Å². The molecule has 0 bridgehead atoms. The molecule has 1 atom stereocenters. The number of aromatic nitrogens is 3. The second-order valence-corrected chi connectivity index (χ2v) is 4.05. The zero-order valence-electron chi connectivity index (χ0n) is 10.7. The number of hydrogen-bond acceptors (Lipinski definition) is 5. The van der Waals surface area contributed by atoms with Gasteiger partial charge in [0.15, 0.2) is 5.65 Å². The highest BCUT2D eigenvalue weighted by atomic mass is 16.5. The molecule has 1 amide bonds. The van der Waals surface area contributed by atoms with Crippen molar-refractivity contribution in [2.24, 2.45) is 5.73 Å². The van der Waals surface area contributed by atoms with E-state index in [4.69, 9.17) is 10.5 Å². The Morgan fingerprint density at radius 1 is 1.53 bits per heavy atom. The minimum absolute atomic E-state index is 0.163. The molecule has 2 aromatic rings. The number of carbonyl (C=O) groups excluding carboxylic acids is 1. The number of methoxy groups -OCH3 is 1. The van der Waals surface area contributed by atoms with Gasteiger partial charge < -0.3 is 15.8 Å². The van der Waals surface area contributed by atoms with Crippen LogP contribution < -0.4 is 11.1 Å². The molecule has 7 nitrogen and oxygen atoms in total. The molecule has 19 heavy (non-hydrogen) atoms. The molecular weight excluding hydrogens is 246 g/mol. The molecule has 0 aliphatic heterocycles. The fourth-order valence-electron chi connectivity index (χ4n) is 1.78. The summed E-state index contributed by atoms with van der Waals surface area (Å²) in [5.74, 6) is 0.594. The van der Waals surface area contributed by atoms with E-state index in [9.17, 15) is 4.79 Å². The molecule has 0 aromatic carbocycles. The highest BCUT2D eigenvalue weighted by molar-refractivity contribution is 5.80. The van der Waals surface area contributed by atoms with Crippen molar-refractivity contribution in [3.63, 3.8) is 0 Å². The monoisotopic (exact) mass is 263 g/mol. The van der Waals surface area contributed by atoms with Crippen LogP contribution in [0.4, 0.5) is 0 Å². The molecule has 0 aliphatic carbocycles. The Kier molecular flexibility index (Phi) is 4.43. The van der Waals surface area contributed by atoms with Crippen LogP contribution in [0.2, 0.25) is 0 Å². The lowest BCUT2D eigenvalue weighted by Gasteiger charge is -2.12. The molecule has 7 heteroatoms. The molecule has 1 unspecified atom stereocenters. The van der Waals surface area contributed by atoms with Gasteiger partial charge in [0.1, 0.15) is 11.9 Å². The van der Waals surface area contributed by atoms with Gasteiger partial charge in [-0.15, -0.1) is 10.2 Å². The molecule has 2 rings (SSSR count). The maximum atomic E-state index is 11.6. The van der Waals surface area contributed by atoms with Gasteiger partial charge >= 0.3 is 0 Å². The van der Waals surface area contributed by atoms with Gasteiger partial charge in [0, 0.05) is 32.8 Å². The van der Waals surface area contributed by atoms with Gasteiger partial charge in [-0.3, -0.25) is 9.20 Å². The van der Waals surface area contributed by atoms with Gasteiger partial charge in [-0.2, -0.15) is 0 Å². The van der Waals surface area contributed by atoms with Gasteiger partial charge in [-0.1, -0.05) is 6.07 Å². The lowest BCUT2D eigenvalue weighted by atomic mass is 10.3. The normalized spacial score (nSPS) is 12.5. The fourth-order valence-corrected chi connectivity index (χ4v) is 1.78. The van der Waals surface area contributed by atoms with Crippen molar-refractivity contribution in [3.05, 3.63) is 30.2 Å². The maximum Gasteiger partial charge on any atom is 0.250 e. The first kappa shape index (κ1) is 13.4. The smallest absolute Gasteiger partial charge is 0.250 e. The Balaban J connectivity index is 1.91. The molecule has 0 spiro atoms. The van der Waals surface area contributed by atoms with Crippen molar-refractivity contribution in [3.8, 4) is 0 Å². The summed E-state index contributed by atoms with van der Waals surface area (Å²) in [5, 5.41) is 10.9. The van der Waals surface area contributed by atoms with Crippen LogP contribution in [-0.4, -0.2) is 46.8 Å². The van der Waals surface area contributed by atoms with Crippen LogP contribution in [-0.2, 0) is 16.0 Å². The molecule has 0 fully saturated rings. The first-order valence-electron chi connectivity index (χ1n) is 6.05. The number of carbonyl (C=O) groups is 1. The third-order valence-electron chi connectivity index (χ3n) is 2.82. The topological polar surface area (TPSA) is 94.5 Å². The van der Waals surface area contributed by atoms with E-state index in [0.717, 1.165) is 11.5 Å². The van der Waals surface area contributed by atoms with Crippen molar-refractivity contribution in [2.75, 3.05) is 20.2 Å². The van der Waals surface area contributed by atoms with Crippen LogP contribution in [0.25, 0.3) is 5.65 Å². The summed E-state index contributed by atoms with van der Waals surface area (Å²) >= 11 is 0. The van der Waals surface area contributed by atoms with E-state index in [-0.39, 0.29) is 12.5 Å². The van der Waals surface area contributed by atoms with Gasteiger partial charge in [0.25, 0.3) is 0 Å². The highest BCUT2D eigenvalue weighted by Gasteiger charge is 2.15. The number of rotatable bonds is 6. The molecule has 0 saturated carbocycles. The van der Waals surface area contributed by atoms with E-state index < -0.39 is 6.10 Å². The van der Waals surface area contributed by atoms with Gasteiger partial charge in [0.2, 0.25) is 5.91 Å². The van der Waals surface area contributed by atoms with Gasteiger partial charge in [0.05, 0.1) is 0 Å². The zero-order valence-corrected chi connectivity index (χ0v) is 10.7. The first-order chi connectivity index (χ1) is 9.26. The molecular formula is C12H17N5O2. The lowest BCUT2D eigenvalue weighted by Crippen LogP contribution is -2.41. The number of nitrogens with two attached hydrogens (primary N) is 1. The average Bonchev–Trinajstić information content (AvgIpc) is 2.84. The first-order valence-corrected chi connectivity index (χ1v) is 6.05. The highest BCUT2D eigenvalue weighted by Crippen LogP contribution is 2.02. The number of pyridine rings is 1. The van der Waals surface area contributed by atoms with Crippen molar-refractivity contribution < 1.29 is 9.53 Å². The number of nitrogens with zero attached hydrogens (tertiary/aromatic N) is 3. The van der Waals surface area contributed by atoms with Crippen molar-refractivity contribution in [1.29, 1.82) is 0 Å². The summed E-state index contributed by atoms with van der Waals surface area (Å²) < 4.78 is 6.84. The quantitative estimate of drug-likeness (QED) is 0.723. The third kappa shape index (κ3) is 3.07. The molecule has 0 saturated heterocycles. The van der Waals surface area contributed by atoms with Crippen LogP contribution in [0.3, 0.4) is 0 Å². The maximum absolute atomic E-state index is 11.6. The summed E-state index contributed by atoms with van der Waals surface area (Å²) in [6, 6.07) is 5.69. The summed E-state index contributed by atoms with van der Waals surface area (Å²) in [7, 11) is 1.46. The number of amides is 1. The number of ether oxygens (including phenoxy) is 1. The van der Waals surface area contributed by atoms with E-state index in [2.05, 4.69) is 15.5 Å². The van der Waals surface area contributed by atoms with Crippen LogP contribution in [0.5, 0.6) is 0 Å². The minimum Gasteiger partial charge on any atom is -0.370 e. The van der Waals surface area contributed by atoms with E-state index in [1.165, 1.54) is 7.11 Å². The Labute approximate surface area is 110 Å². The summed E-state index contributed by atoms with van der Waals surface area (Å²) in [5.41, 5.74) is 6.20. The Morgan fingerprint density at radius 2 is 2.37 bits per heavy atom. The van der Waals surface area contributed by atoms with E-state index in [0.29, 0.717) is 13.0 Å². The van der Waals surface area contributed by atoms with E-state index in [1.807, 2.05) is 28.8 Å². The minimum atomic E-state index is -0.602. The van der Waals surface area contributed by atoms with Gasteiger partial charge in [-0.25, -0.2) is 0 Å². The Morgan fingerprint density at radius 3 is 3.11 bits per heavy atom. The zero-order chi connectivity index (χ0) is 13.7. The van der Waals surface area contributed by atoms with Crippen LogP contribution in [0, 0.1) is 0 Å². The molecule has 0 aliphatic rings. The summed E-state index contributed by atoms with van der Waals surface area (Å²) in [6.07, 6.45) is 1.89. The molecule has 2 aromatic heterocycles. The largest absolute Gasteiger partial charge is 0.370 e. The molecule has 0 radical (unpaired) electrons. The summed E-state index contributed by atoms with van der Waals surface area (Å²) in [4.78, 5) is 11.6. The standard InChI is InChI=1S/C12H17N5O2/c1-19-9(8-13)12(18)14-6-5-11-16-15-10-4-2-3-7-17(10)11/h2-4,7,9H,5-6,8,13H2,1H3,(H,14,18). The second kappa shape index (κ2) is 6.26. The Bertz CT molecular complexity index is 550. The average molecular weight is 263 g/mol. The number of hydrogen-bond donors (Lipinski definition) is 2. The van der Waals surface area contributed by atoms with Crippen molar-refractivity contribution in [2.45, 2.75) is 12.5 Å². The predicted octanol–water partition coefficient (Wildman–Crippen LogP) is -0.638. The summed E-state index contributed by atoms with van der Waals surface area (Å²) in [6.45, 7) is 0.630. The number of nitrogens with one attached hydrogen (secondary N) is 1. The van der Waals surface area contributed by atoms with Crippen LogP contribution >= 0.6 is 0 Å². The fraction of sp³-hybridized carbons (Fsp3) is 0.417. The third-order valence-corrected chi connectivity index (χ3v) is 2.82. The molecule has 102 valence electrons. The van der Waals surface area contributed by atoms with E-state index >= 15 is 0 Å². The van der Waals surface area contributed by atoms with Crippen molar-refractivity contribution >= 4 is 11.6 Å². The number of fused-ring (bicyclic) bond motifs is 1. The molecule has 3 N–H and O–H groups in total. The lowest BCUT2D eigenvalue weighted by molar-refractivity contribution is -0.130. The van der Waals surface area contributed by atoms with Crippen molar-refractivity contribution in [1.82, 2.24) is 19.9 Å². The Hall–Kier alpha value is -1.99. The molecule has 2 heterocycles.